The van der Waals surface area contributed by atoms with E-state index in [1.54, 1.807) is 13.0 Å². The van der Waals surface area contributed by atoms with E-state index in [1.165, 1.54) is 28.6 Å². The summed E-state index contributed by atoms with van der Waals surface area (Å²) in [6, 6.07) is 10.4. The maximum Gasteiger partial charge on any atom is 0.289 e. The predicted molar refractivity (Wildman–Crippen MR) is 116 cm³/mol. The molecule has 1 atom stereocenters. The van der Waals surface area contributed by atoms with Crippen LogP contribution < -0.4 is 19.7 Å². The lowest BCUT2D eigenvalue weighted by atomic mass is 10.2. The number of nitrogens with zero attached hydrogens (tertiary/aromatic N) is 2. The van der Waals surface area contributed by atoms with E-state index in [0.29, 0.717) is 31.1 Å². The van der Waals surface area contributed by atoms with Gasteiger partial charge in [0.15, 0.2) is 22.4 Å². The summed E-state index contributed by atoms with van der Waals surface area (Å²) in [5, 5.41) is 14.2. The molecule has 1 saturated heterocycles. The minimum Gasteiger partial charge on any atom is -0.454 e. The van der Waals surface area contributed by atoms with E-state index in [9.17, 15) is 23.3 Å². The lowest BCUT2D eigenvalue weighted by Crippen LogP contribution is -3.19. The highest BCUT2D eigenvalue weighted by molar-refractivity contribution is 7.89. The van der Waals surface area contributed by atoms with Crippen LogP contribution in [-0.2, 0) is 21.4 Å². The molecule has 4 rings (SSSR count). The summed E-state index contributed by atoms with van der Waals surface area (Å²) in [5.74, 6) is 1.19. The third-order valence-corrected chi connectivity index (χ3v) is 7.90. The Kier molecular flexibility index (Phi) is 6.49. The summed E-state index contributed by atoms with van der Waals surface area (Å²) in [6.07, 6.45) is 0. The molecule has 0 spiro atoms. The van der Waals surface area contributed by atoms with Crippen molar-refractivity contribution in [3.8, 4) is 11.5 Å². The van der Waals surface area contributed by atoms with Crippen LogP contribution in [0, 0.1) is 10.1 Å². The van der Waals surface area contributed by atoms with Crippen LogP contribution >= 0.6 is 0 Å². The van der Waals surface area contributed by atoms with Gasteiger partial charge in [-0.25, -0.2) is 8.42 Å². The molecule has 1 amide bonds. The van der Waals surface area contributed by atoms with Gasteiger partial charge in [0, 0.05) is 12.6 Å². The Balaban J connectivity index is 1.33. The van der Waals surface area contributed by atoms with Crippen molar-refractivity contribution in [1.29, 1.82) is 0 Å². The minimum absolute atomic E-state index is 0.141. The summed E-state index contributed by atoms with van der Waals surface area (Å²) in [5.41, 5.74) is 0.443. The molecule has 2 aliphatic rings. The Labute approximate surface area is 191 Å². The molecule has 0 aromatic heterocycles. The first kappa shape index (κ1) is 23.0. The van der Waals surface area contributed by atoms with Crippen LogP contribution in [0.3, 0.4) is 0 Å². The highest BCUT2D eigenvalue weighted by Crippen LogP contribution is 2.32. The maximum atomic E-state index is 13.0. The van der Waals surface area contributed by atoms with Gasteiger partial charge in [0.2, 0.25) is 16.8 Å². The number of nitro benzene ring substituents is 1. The van der Waals surface area contributed by atoms with E-state index < -0.39 is 20.6 Å². The smallest absolute Gasteiger partial charge is 0.289 e. The van der Waals surface area contributed by atoms with Crippen LogP contribution in [0.25, 0.3) is 0 Å². The first-order valence-electron chi connectivity index (χ1n) is 10.5. The summed E-state index contributed by atoms with van der Waals surface area (Å²) >= 11 is 0. The van der Waals surface area contributed by atoms with Crippen LogP contribution in [0.2, 0.25) is 0 Å². The molecule has 2 N–H and O–H groups in total. The van der Waals surface area contributed by atoms with Gasteiger partial charge in [-0.1, -0.05) is 18.2 Å². The number of hydrogen-bond acceptors (Lipinski definition) is 7. The molecule has 0 saturated carbocycles. The van der Waals surface area contributed by atoms with Gasteiger partial charge in [0.1, 0.15) is 0 Å². The first-order chi connectivity index (χ1) is 15.8. The number of benzene rings is 2. The summed E-state index contributed by atoms with van der Waals surface area (Å²) in [7, 11) is -4.00. The molecule has 1 fully saturated rings. The molecule has 2 aromatic carbocycles. The summed E-state index contributed by atoms with van der Waals surface area (Å²) in [4.78, 5) is 23.9. The first-order valence-corrected chi connectivity index (χ1v) is 12.0. The van der Waals surface area contributed by atoms with E-state index in [-0.39, 0.29) is 36.7 Å². The quantitative estimate of drug-likeness (QED) is 0.421. The number of nitrogens with one attached hydrogen (secondary N) is 2. The fourth-order valence-electron chi connectivity index (χ4n) is 3.99. The molecule has 12 heteroatoms. The van der Waals surface area contributed by atoms with Crippen molar-refractivity contribution in [2.24, 2.45) is 0 Å². The van der Waals surface area contributed by atoms with E-state index in [1.807, 2.05) is 12.1 Å². The number of para-hydroxylation sites is 1. The topological polar surface area (TPSA) is 133 Å². The van der Waals surface area contributed by atoms with Gasteiger partial charge in [-0.05, 0) is 30.7 Å². The zero-order valence-electron chi connectivity index (χ0n) is 18.0. The molecule has 11 nitrogen and oxygen atoms in total. The Morgan fingerprint density at radius 2 is 1.88 bits per heavy atom. The lowest BCUT2D eigenvalue weighted by Gasteiger charge is -2.34. The van der Waals surface area contributed by atoms with Crippen molar-refractivity contribution >= 4 is 21.6 Å². The van der Waals surface area contributed by atoms with Gasteiger partial charge < -0.3 is 19.7 Å². The molecule has 176 valence electrons. The summed E-state index contributed by atoms with van der Waals surface area (Å²) in [6.45, 7) is 3.50. The number of carbonyl (C=O) groups is 1. The molecule has 0 aliphatic carbocycles. The van der Waals surface area contributed by atoms with Crippen LogP contribution in [0.5, 0.6) is 11.5 Å². The number of sulfonamides is 1. The van der Waals surface area contributed by atoms with Crippen molar-refractivity contribution in [2.75, 3.05) is 33.0 Å². The number of nitro groups is 1. The highest BCUT2D eigenvalue weighted by Gasteiger charge is 2.37. The molecule has 33 heavy (non-hydrogen) atoms. The Bertz CT molecular complexity index is 1160. The van der Waals surface area contributed by atoms with Crippen LogP contribution in [0.15, 0.2) is 47.4 Å². The van der Waals surface area contributed by atoms with Crippen molar-refractivity contribution in [2.45, 2.75) is 24.4 Å². The van der Waals surface area contributed by atoms with Crippen LogP contribution in [0.4, 0.5) is 5.69 Å². The van der Waals surface area contributed by atoms with Gasteiger partial charge in [-0.2, -0.15) is 4.31 Å². The number of fused-ring (bicyclic) bond motifs is 1. The number of piperazine rings is 1. The second-order valence-corrected chi connectivity index (χ2v) is 9.82. The molecule has 2 aromatic rings. The Hall–Kier alpha value is -3.22. The zero-order valence-corrected chi connectivity index (χ0v) is 18.8. The predicted octanol–water partition coefficient (Wildman–Crippen LogP) is -0.0824. The number of hydrogen-bond donors (Lipinski definition) is 2. The average Bonchev–Trinajstić information content (AvgIpc) is 3.30. The van der Waals surface area contributed by atoms with Crippen molar-refractivity contribution < 1.29 is 32.5 Å². The summed E-state index contributed by atoms with van der Waals surface area (Å²) < 4.78 is 37.8. The zero-order chi connectivity index (χ0) is 23.6. The largest absolute Gasteiger partial charge is 0.454 e. The molecule has 0 radical (unpaired) electrons. The fraction of sp³-hybridized carbons (Fsp3) is 0.381. The SMILES string of the molecule is C[C@H](C(=O)NCc1ccc2c(c1)OCO2)[NH+]1CCN(S(=O)(=O)c2ccccc2[N+](=O)[O-])CC1. The van der Waals surface area contributed by atoms with Crippen molar-refractivity contribution in [3.63, 3.8) is 0 Å². The third-order valence-electron chi connectivity index (χ3n) is 5.95. The standard InChI is InChI=1S/C21H24N4O7S/c1-15(21(26)22-13-16-6-7-18-19(12-16)32-14-31-18)23-8-10-24(11-9-23)33(29,30)20-5-3-2-4-17(20)25(27)28/h2-7,12,15H,8-11,13-14H2,1H3,(H,22,26)/p+1/t15-/m1/s1. The lowest BCUT2D eigenvalue weighted by molar-refractivity contribution is -0.917. The normalized spacial score (nSPS) is 17.5. The molecule has 0 bridgehead atoms. The fourth-order valence-corrected chi connectivity index (χ4v) is 5.59. The van der Waals surface area contributed by atoms with E-state index in [0.717, 1.165) is 10.5 Å². The molecule has 2 heterocycles. The number of amides is 1. The van der Waals surface area contributed by atoms with E-state index in [2.05, 4.69) is 5.32 Å². The van der Waals surface area contributed by atoms with Crippen molar-refractivity contribution in [1.82, 2.24) is 9.62 Å². The number of rotatable bonds is 7. The van der Waals surface area contributed by atoms with E-state index >= 15 is 0 Å². The minimum atomic E-state index is -4.00. The monoisotopic (exact) mass is 477 g/mol. The third kappa shape index (κ3) is 4.77. The van der Waals surface area contributed by atoms with Gasteiger partial charge >= 0.3 is 0 Å². The average molecular weight is 478 g/mol. The van der Waals surface area contributed by atoms with Crippen molar-refractivity contribution in [3.05, 3.63) is 58.1 Å². The second kappa shape index (κ2) is 9.33. The Morgan fingerprint density at radius 1 is 1.18 bits per heavy atom. The van der Waals surface area contributed by atoms with Gasteiger partial charge in [0.25, 0.3) is 11.6 Å². The highest BCUT2D eigenvalue weighted by atomic mass is 32.2. The Morgan fingerprint density at radius 3 is 2.61 bits per heavy atom. The number of carbonyl (C=O) groups excluding carboxylic acids is 1. The van der Waals surface area contributed by atoms with Gasteiger partial charge in [-0.3, -0.25) is 14.9 Å². The van der Waals surface area contributed by atoms with Crippen LogP contribution in [0.1, 0.15) is 12.5 Å². The molecular weight excluding hydrogens is 452 g/mol. The number of ether oxygens (including phenoxy) is 2. The van der Waals surface area contributed by atoms with Crippen LogP contribution in [-0.4, -0.2) is 62.6 Å². The molecule has 0 unspecified atom stereocenters. The second-order valence-electron chi connectivity index (χ2n) is 7.91. The van der Waals surface area contributed by atoms with Gasteiger partial charge in [0.05, 0.1) is 31.1 Å². The van der Waals surface area contributed by atoms with Gasteiger partial charge in [-0.15, -0.1) is 0 Å². The molecule has 2 aliphatic heterocycles. The number of quaternary nitrogens is 1. The maximum absolute atomic E-state index is 13.0. The van der Waals surface area contributed by atoms with E-state index in [4.69, 9.17) is 9.47 Å². The molecular formula is C21H25N4O7S+.